The number of rotatable bonds is 4. The molecular formula is C14H18N2O. The molecule has 3 heteroatoms. The van der Waals surface area contributed by atoms with Gasteiger partial charge in [-0.15, -0.1) is 0 Å². The van der Waals surface area contributed by atoms with Crippen LogP contribution in [0.4, 0.5) is 5.69 Å². The fraction of sp³-hybridized carbons (Fsp3) is 0.357. The van der Waals surface area contributed by atoms with Crippen LogP contribution in [0.1, 0.15) is 18.2 Å². The second-order valence-electron chi connectivity index (χ2n) is 4.13. The van der Waals surface area contributed by atoms with Crippen molar-refractivity contribution < 1.29 is 4.74 Å². The van der Waals surface area contributed by atoms with E-state index in [-0.39, 0.29) is 0 Å². The van der Waals surface area contributed by atoms with Crippen molar-refractivity contribution in [3.8, 4) is 0 Å². The van der Waals surface area contributed by atoms with Crippen LogP contribution < -0.4 is 5.32 Å². The van der Waals surface area contributed by atoms with Crippen molar-refractivity contribution in [2.24, 2.45) is 0 Å². The molecule has 90 valence electrons. The van der Waals surface area contributed by atoms with E-state index in [1.807, 2.05) is 6.92 Å². The summed E-state index contributed by atoms with van der Waals surface area (Å²) in [5.41, 5.74) is 4.38. The zero-order chi connectivity index (χ0) is 12.3. The first kappa shape index (κ1) is 11.9. The third kappa shape index (κ3) is 2.56. The minimum atomic E-state index is 0.634. The first-order valence-electron chi connectivity index (χ1n) is 5.87. The number of benzene rings is 1. The Hall–Kier alpha value is -1.61. The fourth-order valence-corrected chi connectivity index (χ4v) is 2.00. The van der Waals surface area contributed by atoms with Gasteiger partial charge in [-0.2, -0.15) is 0 Å². The lowest BCUT2D eigenvalue weighted by Gasteiger charge is -2.10. The van der Waals surface area contributed by atoms with E-state index < -0.39 is 0 Å². The van der Waals surface area contributed by atoms with Crippen molar-refractivity contribution >= 4 is 16.6 Å². The van der Waals surface area contributed by atoms with Gasteiger partial charge in [0.05, 0.1) is 12.1 Å². The highest BCUT2D eigenvalue weighted by Gasteiger charge is 2.04. The van der Waals surface area contributed by atoms with Crippen molar-refractivity contribution in [3.05, 3.63) is 35.5 Å². The molecule has 1 heterocycles. The second kappa shape index (κ2) is 5.15. The standard InChI is InChI=1S/C14H18N2O/c1-4-15-14-7-10(2)16-13-6-5-11(9-17-3)8-12(13)14/h5-8H,4,9H2,1-3H3,(H,15,16). The van der Waals surface area contributed by atoms with Crippen LogP contribution in [0.5, 0.6) is 0 Å². The van der Waals surface area contributed by atoms with Gasteiger partial charge in [-0.05, 0) is 37.6 Å². The molecule has 3 nitrogen and oxygen atoms in total. The Morgan fingerprint density at radius 2 is 2.12 bits per heavy atom. The zero-order valence-corrected chi connectivity index (χ0v) is 10.6. The van der Waals surface area contributed by atoms with E-state index in [1.54, 1.807) is 7.11 Å². The summed E-state index contributed by atoms with van der Waals surface area (Å²) < 4.78 is 5.16. The molecule has 17 heavy (non-hydrogen) atoms. The Morgan fingerprint density at radius 3 is 2.82 bits per heavy atom. The molecule has 0 fully saturated rings. The first-order chi connectivity index (χ1) is 8.24. The summed E-state index contributed by atoms with van der Waals surface area (Å²) in [6.45, 7) is 5.66. The molecule has 0 spiro atoms. The van der Waals surface area contributed by atoms with Gasteiger partial charge < -0.3 is 10.1 Å². The molecule has 0 atom stereocenters. The maximum atomic E-state index is 5.16. The topological polar surface area (TPSA) is 34.2 Å². The average Bonchev–Trinajstić information content (AvgIpc) is 2.30. The van der Waals surface area contributed by atoms with Gasteiger partial charge in [-0.25, -0.2) is 0 Å². The van der Waals surface area contributed by atoms with Crippen LogP contribution in [0.25, 0.3) is 10.9 Å². The third-order valence-electron chi connectivity index (χ3n) is 2.68. The normalized spacial score (nSPS) is 10.8. The summed E-state index contributed by atoms with van der Waals surface area (Å²) >= 11 is 0. The van der Waals surface area contributed by atoms with E-state index in [9.17, 15) is 0 Å². The highest BCUT2D eigenvalue weighted by Crippen LogP contribution is 2.24. The minimum absolute atomic E-state index is 0.634. The molecule has 0 aliphatic rings. The Morgan fingerprint density at radius 1 is 1.29 bits per heavy atom. The summed E-state index contributed by atoms with van der Waals surface area (Å²) in [7, 11) is 1.71. The first-order valence-corrected chi connectivity index (χ1v) is 5.87. The molecule has 0 radical (unpaired) electrons. The Kier molecular flexibility index (Phi) is 3.59. The van der Waals surface area contributed by atoms with E-state index >= 15 is 0 Å². The van der Waals surface area contributed by atoms with E-state index in [0.717, 1.165) is 28.8 Å². The lowest BCUT2D eigenvalue weighted by molar-refractivity contribution is 0.185. The lowest BCUT2D eigenvalue weighted by Crippen LogP contribution is -2.00. The van der Waals surface area contributed by atoms with Gasteiger partial charge in [-0.1, -0.05) is 6.07 Å². The quantitative estimate of drug-likeness (QED) is 0.876. The lowest BCUT2D eigenvalue weighted by atomic mass is 10.1. The number of hydrogen-bond acceptors (Lipinski definition) is 3. The van der Waals surface area contributed by atoms with Gasteiger partial charge in [-0.3, -0.25) is 4.98 Å². The molecule has 2 aromatic rings. The van der Waals surface area contributed by atoms with E-state index in [2.05, 4.69) is 41.5 Å². The third-order valence-corrected chi connectivity index (χ3v) is 2.68. The molecule has 0 bridgehead atoms. The Balaban J connectivity index is 2.56. The Labute approximate surface area is 102 Å². The molecule has 0 amide bonds. The number of pyridine rings is 1. The second-order valence-corrected chi connectivity index (χ2v) is 4.13. The van der Waals surface area contributed by atoms with Crippen molar-refractivity contribution in [1.82, 2.24) is 4.98 Å². The molecule has 0 saturated carbocycles. The summed E-state index contributed by atoms with van der Waals surface area (Å²) in [6.07, 6.45) is 0. The van der Waals surface area contributed by atoms with Crippen molar-refractivity contribution in [2.45, 2.75) is 20.5 Å². The summed E-state index contributed by atoms with van der Waals surface area (Å²) in [5.74, 6) is 0. The van der Waals surface area contributed by atoms with Gasteiger partial charge in [0.15, 0.2) is 0 Å². The molecule has 2 rings (SSSR count). The largest absolute Gasteiger partial charge is 0.385 e. The van der Waals surface area contributed by atoms with E-state index in [4.69, 9.17) is 4.74 Å². The smallest absolute Gasteiger partial charge is 0.0726 e. The summed E-state index contributed by atoms with van der Waals surface area (Å²) in [5, 5.41) is 4.54. The molecule has 1 N–H and O–H groups in total. The fourth-order valence-electron chi connectivity index (χ4n) is 2.00. The van der Waals surface area contributed by atoms with E-state index in [0.29, 0.717) is 6.61 Å². The number of nitrogens with zero attached hydrogens (tertiary/aromatic N) is 1. The molecule has 0 saturated heterocycles. The van der Waals surface area contributed by atoms with Crippen LogP contribution in [0, 0.1) is 6.92 Å². The van der Waals surface area contributed by atoms with Gasteiger partial charge >= 0.3 is 0 Å². The van der Waals surface area contributed by atoms with Crippen LogP contribution >= 0.6 is 0 Å². The van der Waals surface area contributed by atoms with Crippen molar-refractivity contribution in [3.63, 3.8) is 0 Å². The number of ether oxygens (including phenoxy) is 1. The predicted molar refractivity (Wildman–Crippen MR) is 71.4 cm³/mol. The number of aromatic nitrogens is 1. The highest BCUT2D eigenvalue weighted by molar-refractivity contribution is 5.91. The van der Waals surface area contributed by atoms with Gasteiger partial charge in [0, 0.05) is 30.4 Å². The molecule has 1 aromatic carbocycles. The predicted octanol–water partition coefficient (Wildman–Crippen LogP) is 3.12. The van der Waals surface area contributed by atoms with Crippen LogP contribution in [-0.2, 0) is 11.3 Å². The minimum Gasteiger partial charge on any atom is -0.385 e. The summed E-state index contributed by atoms with van der Waals surface area (Å²) in [4.78, 5) is 4.54. The SMILES string of the molecule is CCNc1cc(C)nc2ccc(COC)cc12. The molecule has 1 aromatic heterocycles. The number of aryl methyl sites for hydroxylation is 1. The van der Waals surface area contributed by atoms with E-state index in [1.165, 1.54) is 5.56 Å². The molecule has 0 aliphatic carbocycles. The van der Waals surface area contributed by atoms with Crippen molar-refractivity contribution in [1.29, 1.82) is 0 Å². The average molecular weight is 230 g/mol. The molecular weight excluding hydrogens is 212 g/mol. The Bertz CT molecular complexity index is 523. The van der Waals surface area contributed by atoms with Crippen LogP contribution in [0.3, 0.4) is 0 Å². The monoisotopic (exact) mass is 230 g/mol. The van der Waals surface area contributed by atoms with Crippen LogP contribution in [0.15, 0.2) is 24.3 Å². The van der Waals surface area contributed by atoms with Crippen LogP contribution in [0.2, 0.25) is 0 Å². The summed E-state index contributed by atoms with van der Waals surface area (Å²) in [6, 6.07) is 8.34. The highest BCUT2D eigenvalue weighted by atomic mass is 16.5. The number of methoxy groups -OCH3 is 1. The number of nitrogens with one attached hydrogen (secondary N) is 1. The van der Waals surface area contributed by atoms with Gasteiger partial charge in [0.25, 0.3) is 0 Å². The van der Waals surface area contributed by atoms with Gasteiger partial charge in [0.2, 0.25) is 0 Å². The number of hydrogen-bond donors (Lipinski definition) is 1. The van der Waals surface area contributed by atoms with Crippen molar-refractivity contribution in [2.75, 3.05) is 19.0 Å². The molecule has 0 unspecified atom stereocenters. The number of anilines is 1. The maximum Gasteiger partial charge on any atom is 0.0726 e. The van der Waals surface area contributed by atoms with Crippen LogP contribution in [-0.4, -0.2) is 18.6 Å². The van der Waals surface area contributed by atoms with Gasteiger partial charge in [0.1, 0.15) is 0 Å². The maximum absolute atomic E-state index is 5.16. The molecule has 0 aliphatic heterocycles. The zero-order valence-electron chi connectivity index (χ0n) is 10.6. The number of fused-ring (bicyclic) bond motifs is 1.